The molecule has 0 saturated heterocycles. The predicted octanol–water partition coefficient (Wildman–Crippen LogP) is 2.95. The number of carbonyl (C=O) groups is 4. The Bertz CT molecular complexity index is 864. The minimum absolute atomic E-state index is 0.00166. The van der Waals surface area contributed by atoms with Crippen LogP contribution in [0.3, 0.4) is 0 Å². The number of nitrogens with two attached hydrogens (primary N) is 1. The number of carbonyl (C=O) groups excluding carboxylic acids is 4. The van der Waals surface area contributed by atoms with Crippen LogP contribution >= 0.6 is 0 Å². The molecule has 9 heteroatoms. The molecule has 0 amide bonds. The van der Waals surface area contributed by atoms with Crippen molar-refractivity contribution < 1.29 is 38.1 Å². The Morgan fingerprint density at radius 3 is 1.97 bits per heavy atom. The van der Waals surface area contributed by atoms with Gasteiger partial charge in [-0.2, -0.15) is 0 Å². The van der Waals surface area contributed by atoms with Gasteiger partial charge in [-0.3, -0.25) is 19.2 Å². The van der Waals surface area contributed by atoms with E-state index in [0.717, 1.165) is 0 Å². The second kappa shape index (κ2) is 12.3. The number of rotatable bonds is 11. The zero-order valence-corrected chi connectivity index (χ0v) is 20.4. The van der Waals surface area contributed by atoms with Gasteiger partial charge in [0.2, 0.25) is 0 Å². The van der Waals surface area contributed by atoms with Gasteiger partial charge < -0.3 is 24.7 Å². The van der Waals surface area contributed by atoms with E-state index in [1.807, 2.05) is 0 Å². The summed E-state index contributed by atoms with van der Waals surface area (Å²) in [5.41, 5.74) is 5.42. The molecule has 0 aliphatic heterocycles. The largest absolute Gasteiger partial charge is 0.468 e. The highest BCUT2D eigenvalue weighted by molar-refractivity contribution is 5.81. The van der Waals surface area contributed by atoms with E-state index in [4.69, 9.17) is 24.7 Å². The van der Waals surface area contributed by atoms with Gasteiger partial charge in [-0.05, 0) is 24.6 Å². The summed E-state index contributed by atoms with van der Waals surface area (Å²) in [7, 11) is 1.22. The third-order valence-corrected chi connectivity index (χ3v) is 4.76. The number of benzene rings is 1. The van der Waals surface area contributed by atoms with E-state index < -0.39 is 41.4 Å². The highest BCUT2D eigenvalue weighted by Crippen LogP contribution is 2.32. The lowest BCUT2D eigenvalue weighted by atomic mass is 9.86. The Kier molecular flexibility index (Phi) is 10.5. The summed E-state index contributed by atoms with van der Waals surface area (Å²) < 4.78 is 21.0. The van der Waals surface area contributed by atoms with Crippen LogP contribution in [0, 0.1) is 11.8 Å². The lowest BCUT2D eigenvalue weighted by Crippen LogP contribution is -2.53. The molecule has 0 spiro atoms. The number of esters is 4. The molecule has 0 heterocycles. The predicted molar refractivity (Wildman–Crippen MR) is 120 cm³/mol. The first-order valence-corrected chi connectivity index (χ1v) is 11.0. The smallest absolute Gasteiger partial charge is 0.326 e. The van der Waals surface area contributed by atoms with E-state index in [0.29, 0.717) is 5.56 Å². The summed E-state index contributed by atoms with van der Waals surface area (Å²) in [5, 5.41) is 0. The Labute approximate surface area is 194 Å². The molecule has 0 bridgehead atoms. The summed E-state index contributed by atoms with van der Waals surface area (Å²) >= 11 is 0. The van der Waals surface area contributed by atoms with Crippen LogP contribution in [0.2, 0.25) is 0 Å². The third kappa shape index (κ3) is 8.49. The molecule has 0 aliphatic rings. The molecule has 1 unspecified atom stereocenters. The number of hydrogen-bond donors (Lipinski definition) is 1. The second-order valence-electron chi connectivity index (χ2n) is 8.62. The molecule has 1 aromatic rings. The van der Waals surface area contributed by atoms with Crippen LogP contribution in [-0.2, 0) is 35.1 Å². The van der Waals surface area contributed by atoms with E-state index in [1.54, 1.807) is 47.6 Å². The average molecular weight is 466 g/mol. The second-order valence-corrected chi connectivity index (χ2v) is 8.62. The molecule has 1 rings (SSSR count). The van der Waals surface area contributed by atoms with E-state index >= 15 is 0 Å². The Morgan fingerprint density at radius 1 is 0.939 bits per heavy atom. The molecule has 184 valence electrons. The topological polar surface area (TPSA) is 131 Å². The number of ether oxygens (including phenoxy) is 4. The molecule has 2 atom stereocenters. The maximum Gasteiger partial charge on any atom is 0.326 e. The van der Waals surface area contributed by atoms with Gasteiger partial charge in [0.05, 0.1) is 18.9 Å². The van der Waals surface area contributed by atoms with Crippen molar-refractivity contribution >= 4 is 23.9 Å². The highest BCUT2D eigenvalue weighted by atomic mass is 16.6. The van der Waals surface area contributed by atoms with Crippen LogP contribution in [0.15, 0.2) is 18.2 Å². The van der Waals surface area contributed by atoms with Crippen molar-refractivity contribution in [2.24, 2.45) is 17.6 Å². The van der Waals surface area contributed by atoms with Crippen molar-refractivity contribution in [3.05, 3.63) is 23.8 Å². The Morgan fingerprint density at radius 2 is 1.48 bits per heavy atom. The van der Waals surface area contributed by atoms with Gasteiger partial charge >= 0.3 is 23.9 Å². The fraction of sp³-hybridized carbons (Fsp3) is 0.583. The summed E-state index contributed by atoms with van der Waals surface area (Å²) in [4.78, 5) is 48.4. The average Bonchev–Trinajstić information content (AvgIpc) is 2.74. The molecule has 0 aliphatic carbocycles. The van der Waals surface area contributed by atoms with Crippen molar-refractivity contribution in [3.8, 4) is 11.5 Å². The van der Waals surface area contributed by atoms with E-state index in [-0.39, 0.29) is 36.7 Å². The van der Waals surface area contributed by atoms with Crippen molar-refractivity contribution in [2.75, 3.05) is 7.11 Å². The van der Waals surface area contributed by atoms with Gasteiger partial charge in [0.25, 0.3) is 0 Å². The van der Waals surface area contributed by atoms with E-state index in [1.165, 1.54) is 19.2 Å². The quantitative estimate of drug-likeness (QED) is 0.387. The van der Waals surface area contributed by atoms with Gasteiger partial charge in [-0.1, -0.05) is 40.7 Å². The van der Waals surface area contributed by atoms with E-state index in [2.05, 4.69) is 0 Å². The monoisotopic (exact) mass is 465 g/mol. The van der Waals surface area contributed by atoms with Crippen molar-refractivity contribution in [1.29, 1.82) is 0 Å². The number of hydrogen-bond acceptors (Lipinski definition) is 9. The van der Waals surface area contributed by atoms with Crippen LogP contribution in [0.5, 0.6) is 11.5 Å². The van der Waals surface area contributed by atoms with Gasteiger partial charge in [-0.15, -0.1) is 0 Å². The maximum absolute atomic E-state index is 12.5. The molecule has 0 radical (unpaired) electrons. The molecule has 1 aromatic carbocycles. The molecule has 0 aromatic heterocycles. The van der Waals surface area contributed by atoms with Gasteiger partial charge in [0, 0.05) is 19.3 Å². The van der Waals surface area contributed by atoms with Gasteiger partial charge in [0.1, 0.15) is 11.6 Å². The summed E-state index contributed by atoms with van der Waals surface area (Å²) in [6, 6.07) is 4.59. The van der Waals surface area contributed by atoms with Crippen LogP contribution in [-0.4, -0.2) is 42.6 Å². The summed E-state index contributed by atoms with van der Waals surface area (Å²) in [5.74, 6) is -2.77. The Hall–Kier alpha value is -2.94. The standard InChI is InChI=1S/C24H35NO8/c1-8-20(26)31-16(6)12-24(25,23(29)30-7)13-17-9-10-18(32-21(27)14(2)3)19(11-17)33-22(28)15(4)5/h9-11,14-16H,8,12-13,25H2,1-7H3/t16-,24?/m0/s1. The van der Waals surface area contributed by atoms with Gasteiger partial charge in [0.15, 0.2) is 11.5 Å². The fourth-order valence-electron chi connectivity index (χ4n) is 2.94. The lowest BCUT2D eigenvalue weighted by molar-refractivity contribution is -0.154. The first-order chi connectivity index (χ1) is 15.3. The normalized spacial score (nSPS) is 13.8. The fourth-order valence-corrected chi connectivity index (χ4v) is 2.94. The highest BCUT2D eigenvalue weighted by Gasteiger charge is 2.38. The molecule has 2 N–H and O–H groups in total. The lowest BCUT2D eigenvalue weighted by Gasteiger charge is -2.29. The van der Waals surface area contributed by atoms with Crippen molar-refractivity contribution in [2.45, 2.75) is 72.4 Å². The molecular formula is C24H35NO8. The third-order valence-electron chi connectivity index (χ3n) is 4.76. The van der Waals surface area contributed by atoms with Crippen LogP contribution in [0.25, 0.3) is 0 Å². The van der Waals surface area contributed by atoms with Crippen molar-refractivity contribution in [1.82, 2.24) is 0 Å². The number of methoxy groups -OCH3 is 1. The van der Waals surface area contributed by atoms with Crippen LogP contribution in [0.1, 0.15) is 59.9 Å². The Balaban J connectivity index is 3.28. The minimum atomic E-state index is -1.52. The molecule has 9 nitrogen and oxygen atoms in total. The maximum atomic E-state index is 12.5. The van der Waals surface area contributed by atoms with E-state index in [9.17, 15) is 19.2 Å². The zero-order valence-electron chi connectivity index (χ0n) is 20.4. The summed E-state index contributed by atoms with van der Waals surface area (Å²) in [6.07, 6.45) is -0.429. The molecule has 33 heavy (non-hydrogen) atoms. The molecule has 0 saturated carbocycles. The van der Waals surface area contributed by atoms with Crippen LogP contribution < -0.4 is 15.2 Å². The first-order valence-electron chi connectivity index (χ1n) is 11.0. The SMILES string of the molecule is CCC(=O)O[C@@H](C)CC(N)(Cc1ccc(OC(=O)C(C)C)c(OC(=O)C(C)C)c1)C(=O)OC. The van der Waals surface area contributed by atoms with Crippen molar-refractivity contribution in [3.63, 3.8) is 0 Å². The summed E-state index contributed by atoms with van der Waals surface area (Å²) in [6.45, 7) is 10.0. The minimum Gasteiger partial charge on any atom is -0.468 e. The van der Waals surface area contributed by atoms with Crippen LogP contribution in [0.4, 0.5) is 0 Å². The molecule has 0 fully saturated rings. The first kappa shape index (κ1) is 28.1. The van der Waals surface area contributed by atoms with Gasteiger partial charge in [-0.25, -0.2) is 0 Å². The zero-order chi connectivity index (χ0) is 25.3. The molecular weight excluding hydrogens is 430 g/mol.